The van der Waals surface area contributed by atoms with Crippen LogP contribution in [0.4, 0.5) is 17.6 Å². The smallest absolute Gasteiger partial charge is 0.242 e. The molecule has 3 aromatic heterocycles. The normalized spacial score (nSPS) is 16.9. The number of benzene rings is 1. The third-order valence-electron chi connectivity index (χ3n) is 7.14. The maximum absolute atomic E-state index is 12.9. The first-order valence-electron chi connectivity index (χ1n) is 13.0. The number of imidazole rings is 1. The van der Waals surface area contributed by atoms with Gasteiger partial charge in [-0.3, -0.25) is 4.79 Å². The van der Waals surface area contributed by atoms with E-state index in [1.807, 2.05) is 27.8 Å². The maximum atomic E-state index is 12.9. The number of furan rings is 1. The topological polar surface area (TPSA) is 129 Å². The van der Waals surface area contributed by atoms with Crippen molar-refractivity contribution in [1.29, 1.82) is 0 Å². The molecule has 1 unspecified atom stereocenters. The Balaban J connectivity index is 1.27. The quantitative estimate of drug-likeness (QED) is 0.311. The van der Waals surface area contributed by atoms with Gasteiger partial charge < -0.3 is 38.7 Å². The second-order valence-corrected chi connectivity index (χ2v) is 9.72. The zero-order valence-electron chi connectivity index (χ0n) is 22.1. The number of hydrogen-bond donors (Lipinski definition) is 2. The van der Waals surface area contributed by atoms with E-state index in [4.69, 9.17) is 28.6 Å². The van der Waals surface area contributed by atoms with Crippen molar-refractivity contribution in [1.82, 2.24) is 24.8 Å². The fourth-order valence-electron chi connectivity index (χ4n) is 4.89. The summed E-state index contributed by atoms with van der Waals surface area (Å²) >= 11 is 0. The van der Waals surface area contributed by atoms with Crippen molar-refractivity contribution in [3.8, 4) is 22.9 Å². The maximum Gasteiger partial charge on any atom is 0.242 e. The van der Waals surface area contributed by atoms with E-state index < -0.39 is 0 Å². The minimum absolute atomic E-state index is 0.0360. The average Bonchev–Trinajstić information content (AvgIpc) is 3.32. The van der Waals surface area contributed by atoms with Gasteiger partial charge in [-0.2, -0.15) is 4.98 Å². The lowest BCUT2D eigenvalue weighted by molar-refractivity contribution is -0.122. The van der Waals surface area contributed by atoms with Gasteiger partial charge >= 0.3 is 0 Å². The number of anilines is 3. The SMILES string of the molecule is COc1cc(-n2cnc(Nc3nc(N4CCCC4C(=O)NCC4CC4)nc4ccoc34)c2)cc(OC)c1OC. The van der Waals surface area contributed by atoms with E-state index >= 15 is 0 Å². The van der Waals surface area contributed by atoms with Crippen molar-refractivity contribution in [2.24, 2.45) is 5.92 Å². The molecule has 4 aromatic rings. The molecule has 1 aliphatic carbocycles. The predicted molar refractivity (Wildman–Crippen MR) is 144 cm³/mol. The van der Waals surface area contributed by atoms with Gasteiger partial charge in [0.05, 0.1) is 39.5 Å². The van der Waals surface area contributed by atoms with Crippen molar-refractivity contribution >= 4 is 34.6 Å². The van der Waals surface area contributed by atoms with Crippen LogP contribution in [0.3, 0.4) is 0 Å². The molecule has 0 bridgehead atoms. The molecule has 0 radical (unpaired) electrons. The number of ether oxygens (including phenoxy) is 3. The molecular formula is C27H31N7O5. The van der Waals surface area contributed by atoms with Gasteiger partial charge in [-0.1, -0.05) is 0 Å². The molecular weight excluding hydrogens is 502 g/mol. The summed E-state index contributed by atoms with van der Waals surface area (Å²) in [6, 6.07) is 5.17. The fourth-order valence-corrected chi connectivity index (χ4v) is 4.89. The molecule has 2 fully saturated rings. The van der Waals surface area contributed by atoms with E-state index in [1.165, 1.54) is 12.8 Å². The highest BCUT2D eigenvalue weighted by atomic mass is 16.5. The Hall–Kier alpha value is -4.48. The van der Waals surface area contributed by atoms with Crippen LogP contribution in [0.25, 0.3) is 16.8 Å². The van der Waals surface area contributed by atoms with Crippen LogP contribution in [0, 0.1) is 5.92 Å². The summed E-state index contributed by atoms with van der Waals surface area (Å²) in [6.07, 6.45) is 9.12. The third-order valence-corrected chi connectivity index (χ3v) is 7.14. The van der Waals surface area contributed by atoms with Crippen LogP contribution < -0.4 is 29.7 Å². The number of carbonyl (C=O) groups excluding carboxylic acids is 1. The van der Waals surface area contributed by atoms with Gasteiger partial charge in [0.15, 0.2) is 22.9 Å². The van der Waals surface area contributed by atoms with Crippen LogP contribution in [0.5, 0.6) is 17.2 Å². The van der Waals surface area contributed by atoms with Crippen LogP contribution in [0.2, 0.25) is 0 Å². The minimum Gasteiger partial charge on any atom is -0.493 e. The van der Waals surface area contributed by atoms with Crippen molar-refractivity contribution < 1.29 is 23.4 Å². The molecule has 6 rings (SSSR count). The van der Waals surface area contributed by atoms with Crippen LogP contribution in [0.15, 0.2) is 41.4 Å². The summed E-state index contributed by atoms with van der Waals surface area (Å²) in [4.78, 5) is 28.9. The minimum atomic E-state index is -0.291. The van der Waals surface area contributed by atoms with Crippen molar-refractivity contribution in [3.63, 3.8) is 0 Å². The Kier molecular flexibility index (Phi) is 6.59. The van der Waals surface area contributed by atoms with E-state index in [9.17, 15) is 4.79 Å². The number of fused-ring (bicyclic) bond motifs is 1. The number of nitrogens with one attached hydrogen (secondary N) is 2. The standard InChI is InChI=1S/C27H31N7O5/c1-36-20-11-17(12-21(37-2)24(20)38-3)33-14-22(29-15-33)31-25-23-18(8-10-39-23)30-27(32-25)34-9-4-5-19(34)26(35)28-13-16-6-7-16/h8,10-12,14-16,19H,4-7,9,13H2,1-3H3,(H,28,35)(H,30,31,32). The molecule has 0 spiro atoms. The Bertz CT molecular complexity index is 1470. The van der Waals surface area contributed by atoms with Gasteiger partial charge in [-0.25, -0.2) is 9.97 Å². The molecule has 1 saturated heterocycles. The van der Waals surface area contributed by atoms with E-state index in [0.29, 0.717) is 58.4 Å². The zero-order valence-corrected chi connectivity index (χ0v) is 22.1. The van der Waals surface area contributed by atoms with Crippen molar-refractivity contribution in [2.75, 3.05) is 44.6 Å². The van der Waals surface area contributed by atoms with Gasteiger partial charge in [-0.05, 0) is 31.6 Å². The molecule has 12 nitrogen and oxygen atoms in total. The molecule has 1 saturated carbocycles. The molecule has 204 valence electrons. The molecule has 2 N–H and O–H groups in total. The van der Waals surface area contributed by atoms with E-state index in [-0.39, 0.29) is 11.9 Å². The van der Waals surface area contributed by atoms with Gasteiger partial charge in [0.1, 0.15) is 23.7 Å². The first-order chi connectivity index (χ1) is 19.1. The van der Waals surface area contributed by atoms with Crippen LogP contribution >= 0.6 is 0 Å². The highest BCUT2D eigenvalue weighted by Crippen LogP contribution is 2.39. The average molecular weight is 534 g/mol. The van der Waals surface area contributed by atoms with E-state index in [1.54, 1.807) is 40.0 Å². The number of rotatable bonds is 10. The van der Waals surface area contributed by atoms with Crippen LogP contribution in [-0.4, -0.2) is 65.9 Å². The summed E-state index contributed by atoms with van der Waals surface area (Å²) in [7, 11) is 4.71. The zero-order chi connectivity index (χ0) is 26.9. The Morgan fingerprint density at radius 2 is 1.90 bits per heavy atom. The summed E-state index contributed by atoms with van der Waals surface area (Å²) in [5.74, 6) is 3.75. The van der Waals surface area contributed by atoms with Crippen LogP contribution in [-0.2, 0) is 4.79 Å². The summed E-state index contributed by atoms with van der Waals surface area (Å²) in [6.45, 7) is 1.45. The molecule has 1 amide bonds. The van der Waals surface area contributed by atoms with Gasteiger partial charge in [0.25, 0.3) is 0 Å². The Labute approximate surface area is 225 Å². The predicted octanol–water partition coefficient (Wildman–Crippen LogP) is 3.67. The molecule has 1 aliphatic heterocycles. The molecule has 1 atom stereocenters. The first-order valence-corrected chi connectivity index (χ1v) is 13.0. The first kappa shape index (κ1) is 24.8. The number of nitrogens with zero attached hydrogens (tertiary/aromatic N) is 5. The molecule has 1 aromatic carbocycles. The second kappa shape index (κ2) is 10.4. The largest absolute Gasteiger partial charge is 0.493 e. The monoisotopic (exact) mass is 533 g/mol. The third kappa shape index (κ3) is 4.89. The summed E-state index contributed by atoms with van der Waals surface area (Å²) in [5.41, 5.74) is 1.93. The number of carbonyl (C=O) groups is 1. The fraction of sp³-hybridized carbons (Fsp3) is 0.407. The summed E-state index contributed by atoms with van der Waals surface area (Å²) < 4.78 is 23.9. The van der Waals surface area contributed by atoms with Gasteiger partial charge in [0, 0.05) is 31.3 Å². The highest BCUT2D eigenvalue weighted by molar-refractivity contribution is 5.88. The van der Waals surface area contributed by atoms with Gasteiger partial charge in [0.2, 0.25) is 17.6 Å². The Morgan fingerprint density at radius 3 is 2.62 bits per heavy atom. The van der Waals surface area contributed by atoms with E-state index in [0.717, 1.165) is 25.1 Å². The van der Waals surface area contributed by atoms with Gasteiger partial charge in [-0.15, -0.1) is 0 Å². The highest BCUT2D eigenvalue weighted by Gasteiger charge is 2.34. The van der Waals surface area contributed by atoms with Crippen LogP contribution in [0.1, 0.15) is 25.7 Å². The number of methoxy groups -OCH3 is 3. The lowest BCUT2D eigenvalue weighted by atomic mass is 10.2. The molecule has 12 heteroatoms. The lowest BCUT2D eigenvalue weighted by Crippen LogP contribution is -2.44. The number of amides is 1. The molecule has 4 heterocycles. The van der Waals surface area contributed by atoms with Crippen molar-refractivity contribution in [2.45, 2.75) is 31.7 Å². The number of aromatic nitrogens is 4. The van der Waals surface area contributed by atoms with E-state index in [2.05, 4.69) is 15.6 Å². The lowest BCUT2D eigenvalue weighted by Gasteiger charge is -2.24. The summed E-state index contributed by atoms with van der Waals surface area (Å²) in [5, 5.41) is 6.37. The Morgan fingerprint density at radius 1 is 1.10 bits per heavy atom. The second-order valence-electron chi connectivity index (χ2n) is 9.72. The van der Waals surface area contributed by atoms with Crippen molar-refractivity contribution in [3.05, 3.63) is 37.0 Å². The molecule has 39 heavy (non-hydrogen) atoms. The molecule has 2 aliphatic rings. The number of hydrogen-bond acceptors (Lipinski definition) is 10.